The number of nitrogens with zero attached hydrogens (tertiary/aromatic N) is 2. The van der Waals surface area contributed by atoms with Crippen LogP contribution < -0.4 is 9.47 Å². The Morgan fingerprint density at radius 2 is 1.56 bits per heavy atom. The minimum Gasteiger partial charge on any atom is -0.494 e. The van der Waals surface area contributed by atoms with E-state index in [-0.39, 0.29) is 5.97 Å². The molecule has 0 N–H and O–H groups in total. The number of aromatic nitrogens is 1. The molecule has 166 valence electrons. The zero-order valence-electron chi connectivity index (χ0n) is 18.3. The van der Waals surface area contributed by atoms with Gasteiger partial charge in [0.25, 0.3) is 0 Å². The summed E-state index contributed by atoms with van der Waals surface area (Å²) in [5, 5.41) is 9.63. The van der Waals surface area contributed by atoms with Crippen molar-refractivity contribution in [3.05, 3.63) is 64.0 Å². The predicted octanol–water partition coefficient (Wildman–Crippen LogP) is 5.80. The second kappa shape index (κ2) is 11.9. The van der Waals surface area contributed by atoms with Crippen LogP contribution in [0.5, 0.6) is 11.5 Å². The second-order valence-corrected chi connectivity index (χ2v) is 8.25. The number of hydrogen-bond acceptors (Lipinski definition) is 7. The average Bonchev–Trinajstić information content (AvgIpc) is 3.21. The lowest BCUT2D eigenvalue weighted by Crippen LogP contribution is -2.04. The van der Waals surface area contributed by atoms with Crippen LogP contribution in [0.1, 0.15) is 46.4 Å². The molecule has 0 saturated carbocycles. The van der Waals surface area contributed by atoms with Crippen molar-refractivity contribution >= 4 is 17.3 Å². The van der Waals surface area contributed by atoms with E-state index in [9.17, 15) is 4.79 Å². The number of carbonyl (C=O) groups is 1. The summed E-state index contributed by atoms with van der Waals surface area (Å²) >= 11 is 1.34. The highest BCUT2D eigenvalue weighted by Crippen LogP contribution is 2.30. The molecule has 0 amide bonds. The van der Waals surface area contributed by atoms with Crippen LogP contribution in [0.3, 0.4) is 0 Å². The van der Waals surface area contributed by atoms with Crippen LogP contribution in [-0.4, -0.2) is 30.8 Å². The first-order chi connectivity index (χ1) is 15.6. The molecule has 0 saturated heterocycles. The Balaban J connectivity index is 1.40. The van der Waals surface area contributed by atoms with Gasteiger partial charge in [-0.1, -0.05) is 0 Å². The van der Waals surface area contributed by atoms with Crippen molar-refractivity contribution in [3.63, 3.8) is 0 Å². The Morgan fingerprint density at radius 3 is 2.12 bits per heavy atom. The van der Waals surface area contributed by atoms with Gasteiger partial charge in [0.05, 0.1) is 42.2 Å². The first-order valence-electron chi connectivity index (χ1n) is 10.6. The molecule has 6 nitrogen and oxygen atoms in total. The van der Waals surface area contributed by atoms with E-state index in [1.807, 2.05) is 43.3 Å². The van der Waals surface area contributed by atoms with Crippen molar-refractivity contribution in [2.45, 2.75) is 33.1 Å². The molecular formula is C25H26N2O4S. The largest absolute Gasteiger partial charge is 0.494 e. The van der Waals surface area contributed by atoms with Crippen molar-refractivity contribution in [1.29, 1.82) is 5.26 Å². The lowest BCUT2D eigenvalue weighted by atomic mass is 10.1. The zero-order chi connectivity index (χ0) is 22.8. The number of thiazole rings is 1. The number of unbranched alkanes of at least 4 members (excludes halogenated alkanes) is 2. The number of hydrogen-bond donors (Lipinski definition) is 0. The van der Waals surface area contributed by atoms with Gasteiger partial charge < -0.3 is 14.2 Å². The fourth-order valence-electron chi connectivity index (χ4n) is 3.05. The van der Waals surface area contributed by atoms with Crippen LogP contribution in [0.2, 0.25) is 0 Å². The van der Waals surface area contributed by atoms with Gasteiger partial charge in [-0.15, -0.1) is 11.3 Å². The lowest BCUT2D eigenvalue weighted by Gasteiger charge is -2.08. The lowest BCUT2D eigenvalue weighted by molar-refractivity contribution is 0.0532. The Labute approximate surface area is 192 Å². The minimum atomic E-state index is -0.336. The highest BCUT2D eigenvalue weighted by atomic mass is 32.1. The highest BCUT2D eigenvalue weighted by Gasteiger charge is 2.19. The predicted molar refractivity (Wildman–Crippen MR) is 124 cm³/mol. The van der Waals surface area contributed by atoms with Gasteiger partial charge in [0.1, 0.15) is 16.4 Å². The van der Waals surface area contributed by atoms with Gasteiger partial charge in [0, 0.05) is 5.56 Å². The van der Waals surface area contributed by atoms with Gasteiger partial charge in [0.2, 0.25) is 0 Å². The quantitative estimate of drug-likeness (QED) is 0.271. The van der Waals surface area contributed by atoms with Gasteiger partial charge in [-0.3, -0.25) is 0 Å². The fraction of sp³-hybridized carbons (Fsp3) is 0.320. The molecule has 0 radical (unpaired) electrons. The van der Waals surface area contributed by atoms with Crippen LogP contribution in [0.4, 0.5) is 0 Å². The standard InChI is InChI=1S/C25H26N2O4S/c1-3-29-25(28)24-23(27-18(2)32-24)20-9-13-22(14-10-20)31-16-6-4-5-15-30-21-11-7-19(17-26)8-12-21/h7-14H,3-6,15-16H2,1-2H3. The van der Waals surface area contributed by atoms with E-state index in [2.05, 4.69) is 11.1 Å². The third-order valence-corrected chi connectivity index (χ3v) is 5.58. The number of esters is 1. The first-order valence-corrected chi connectivity index (χ1v) is 11.4. The van der Waals surface area contributed by atoms with Gasteiger partial charge in [-0.25, -0.2) is 9.78 Å². The zero-order valence-corrected chi connectivity index (χ0v) is 19.1. The fourth-order valence-corrected chi connectivity index (χ4v) is 3.89. The van der Waals surface area contributed by atoms with E-state index in [1.165, 1.54) is 11.3 Å². The molecule has 3 aromatic rings. The van der Waals surface area contributed by atoms with Gasteiger partial charge >= 0.3 is 5.97 Å². The molecule has 0 bridgehead atoms. The maximum atomic E-state index is 12.2. The number of benzene rings is 2. The molecule has 32 heavy (non-hydrogen) atoms. The number of nitriles is 1. The van der Waals surface area contributed by atoms with Crippen LogP contribution in [0, 0.1) is 18.3 Å². The molecule has 0 atom stereocenters. The van der Waals surface area contributed by atoms with E-state index in [1.54, 1.807) is 19.1 Å². The third kappa shape index (κ3) is 6.56. The summed E-state index contributed by atoms with van der Waals surface area (Å²) in [6, 6.07) is 16.8. The third-order valence-electron chi connectivity index (χ3n) is 4.63. The number of aryl methyl sites for hydroxylation is 1. The molecule has 2 aromatic carbocycles. The highest BCUT2D eigenvalue weighted by molar-refractivity contribution is 7.14. The summed E-state index contributed by atoms with van der Waals surface area (Å²) in [4.78, 5) is 17.2. The van der Waals surface area contributed by atoms with Gasteiger partial charge in [-0.05, 0) is 81.6 Å². The van der Waals surface area contributed by atoms with Crippen LogP contribution in [0.15, 0.2) is 48.5 Å². The average molecular weight is 451 g/mol. The summed E-state index contributed by atoms with van der Waals surface area (Å²) in [7, 11) is 0. The van der Waals surface area contributed by atoms with E-state index < -0.39 is 0 Å². The van der Waals surface area contributed by atoms with Crippen molar-refractivity contribution in [3.8, 4) is 28.8 Å². The summed E-state index contributed by atoms with van der Waals surface area (Å²) in [5.41, 5.74) is 2.15. The first kappa shape index (κ1) is 23.3. The summed E-state index contributed by atoms with van der Waals surface area (Å²) in [6.45, 7) is 5.27. The molecule has 0 aliphatic carbocycles. The molecular weight excluding hydrogens is 424 g/mol. The normalized spacial score (nSPS) is 10.4. The van der Waals surface area contributed by atoms with Crippen LogP contribution >= 0.6 is 11.3 Å². The number of ether oxygens (including phenoxy) is 3. The molecule has 3 rings (SSSR count). The van der Waals surface area contributed by atoms with Gasteiger partial charge in [-0.2, -0.15) is 5.26 Å². The van der Waals surface area contributed by atoms with Crippen LogP contribution in [-0.2, 0) is 4.74 Å². The van der Waals surface area contributed by atoms with Crippen molar-refractivity contribution in [2.24, 2.45) is 0 Å². The molecule has 0 aliphatic rings. The Bertz CT molecular complexity index is 1050. The number of rotatable bonds is 11. The molecule has 0 fully saturated rings. The van der Waals surface area contributed by atoms with Crippen molar-refractivity contribution in [1.82, 2.24) is 4.98 Å². The Morgan fingerprint density at radius 1 is 0.969 bits per heavy atom. The van der Waals surface area contributed by atoms with Crippen LogP contribution in [0.25, 0.3) is 11.3 Å². The smallest absolute Gasteiger partial charge is 0.350 e. The van der Waals surface area contributed by atoms with E-state index >= 15 is 0 Å². The summed E-state index contributed by atoms with van der Waals surface area (Å²) in [5.74, 6) is 1.23. The van der Waals surface area contributed by atoms with Crippen molar-refractivity contribution in [2.75, 3.05) is 19.8 Å². The van der Waals surface area contributed by atoms with Crippen molar-refractivity contribution < 1.29 is 19.0 Å². The molecule has 1 aromatic heterocycles. The maximum Gasteiger partial charge on any atom is 0.350 e. The SMILES string of the molecule is CCOC(=O)c1sc(C)nc1-c1ccc(OCCCCCOc2ccc(C#N)cc2)cc1. The summed E-state index contributed by atoms with van der Waals surface area (Å²) in [6.07, 6.45) is 2.86. The topological polar surface area (TPSA) is 81.4 Å². The number of carbonyl (C=O) groups excluding carboxylic acids is 1. The van der Waals surface area contributed by atoms with E-state index in [0.717, 1.165) is 41.3 Å². The molecule has 0 unspecified atom stereocenters. The summed E-state index contributed by atoms with van der Waals surface area (Å²) < 4.78 is 16.6. The molecule has 0 spiro atoms. The van der Waals surface area contributed by atoms with E-state index in [0.29, 0.717) is 36.0 Å². The second-order valence-electron chi connectivity index (χ2n) is 7.05. The Hall–Kier alpha value is -3.37. The molecule has 0 aliphatic heterocycles. The van der Waals surface area contributed by atoms with Gasteiger partial charge in [0.15, 0.2) is 0 Å². The Kier molecular flexibility index (Phi) is 8.64. The minimum absolute atomic E-state index is 0.336. The molecule has 7 heteroatoms. The monoisotopic (exact) mass is 450 g/mol. The molecule has 1 heterocycles. The van der Waals surface area contributed by atoms with E-state index in [4.69, 9.17) is 19.5 Å². The maximum absolute atomic E-state index is 12.2.